The smallest absolute Gasteiger partial charge is 0.217 e. The van der Waals surface area contributed by atoms with E-state index in [1.165, 1.54) is 6.92 Å². The van der Waals surface area contributed by atoms with Gasteiger partial charge in [-0.2, -0.15) is 0 Å². The summed E-state index contributed by atoms with van der Waals surface area (Å²) in [6.45, 7) is 5.58. The second-order valence-electron chi connectivity index (χ2n) is 2.14. The first-order valence-electron chi connectivity index (χ1n) is 2.75. The summed E-state index contributed by atoms with van der Waals surface area (Å²) in [5.41, 5.74) is 0. The molecular weight excluding hydrogens is 154 g/mol. The van der Waals surface area contributed by atoms with Gasteiger partial charge in [-0.1, -0.05) is 13.1 Å². The van der Waals surface area contributed by atoms with Crippen LogP contribution in [0.25, 0.3) is 0 Å². The second-order valence-corrected chi connectivity index (χ2v) is 5.67. The van der Waals surface area contributed by atoms with Gasteiger partial charge in [0.25, 0.3) is 0 Å². The lowest BCUT2D eigenvalue weighted by molar-refractivity contribution is -0.118. The van der Waals surface area contributed by atoms with E-state index in [4.69, 9.17) is 11.6 Å². The second kappa shape index (κ2) is 3.90. The number of rotatable bonds is 2. The van der Waals surface area contributed by atoms with Crippen molar-refractivity contribution in [2.45, 2.75) is 25.1 Å². The molecule has 9 heavy (non-hydrogen) atoms. The van der Waals surface area contributed by atoms with Crippen LogP contribution in [0, 0.1) is 0 Å². The van der Waals surface area contributed by atoms with E-state index >= 15 is 0 Å². The molecule has 1 N–H and O–H groups in total. The van der Waals surface area contributed by atoms with E-state index < -0.39 is 8.80 Å². The first kappa shape index (κ1) is 8.98. The van der Waals surface area contributed by atoms with Crippen molar-refractivity contribution in [2.75, 3.05) is 0 Å². The summed E-state index contributed by atoms with van der Waals surface area (Å²) in [7, 11) is -0.574. The van der Waals surface area contributed by atoms with Crippen LogP contribution >= 0.6 is 11.6 Å². The summed E-state index contributed by atoms with van der Waals surface area (Å²) < 4.78 is 0. The summed E-state index contributed by atoms with van der Waals surface area (Å²) in [6.07, 6.45) is 0. The van der Waals surface area contributed by atoms with Crippen LogP contribution in [0.5, 0.6) is 0 Å². The molecule has 0 aliphatic rings. The van der Waals surface area contributed by atoms with E-state index in [2.05, 4.69) is 18.4 Å². The molecule has 0 spiro atoms. The van der Waals surface area contributed by atoms with Gasteiger partial charge in [-0.25, -0.2) is 0 Å². The van der Waals surface area contributed by atoms with E-state index in [-0.39, 0.29) is 11.0 Å². The van der Waals surface area contributed by atoms with Gasteiger partial charge in [0.2, 0.25) is 5.91 Å². The Labute approximate surface area is 62.2 Å². The van der Waals surface area contributed by atoms with Gasteiger partial charge in [0, 0.05) is 6.92 Å². The molecule has 0 saturated carbocycles. The monoisotopic (exact) mass is 164 g/mol. The molecular formula is C5H11ClNOSi. The molecule has 0 aromatic carbocycles. The maximum absolute atomic E-state index is 10.4. The molecule has 1 unspecified atom stereocenters. The fraction of sp³-hybridized carbons (Fsp3) is 0.800. The zero-order chi connectivity index (χ0) is 7.44. The number of amides is 1. The topological polar surface area (TPSA) is 29.1 Å². The Hall–Kier alpha value is -0.0231. The fourth-order valence-corrected chi connectivity index (χ4v) is 0.968. The van der Waals surface area contributed by atoms with Crippen molar-refractivity contribution < 1.29 is 4.79 Å². The number of halogens is 1. The summed E-state index contributed by atoms with van der Waals surface area (Å²) in [4.78, 5) is 10.4. The van der Waals surface area contributed by atoms with E-state index in [0.29, 0.717) is 0 Å². The summed E-state index contributed by atoms with van der Waals surface area (Å²) in [5, 5.41) is 2.48. The van der Waals surface area contributed by atoms with Gasteiger partial charge < -0.3 is 5.32 Å². The predicted molar refractivity (Wildman–Crippen MR) is 40.9 cm³/mol. The molecule has 0 bridgehead atoms. The molecule has 0 saturated heterocycles. The number of alkyl halides is 1. The highest BCUT2D eigenvalue weighted by Gasteiger charge is 2.10. The minimum atomic E-state index is -0.574. The van der Waals surface area contributed by atoms with Crippen molar-refractivity contribution in [3.8, 4) is 0 Å². The maximum Gasteiger partial charge on any atom is 0.217 e. The number of nitrogens with one attached hydrogen (secondary N) is 1. The van der Waals surface area contributed by atoms with Crippen molar-refractivity contribution in [1.29, 1.82) is 0 Å². The summed E-state index contributed by atoms with van der Waals surface area (Å²) >= 11 is 5.72. The quantitative estimate of drug-likeness (QED) is 0.368. The molecule has 0 aromatic rings. The Morgan fingerprint density at radius 1 is 1.67 bits per heavy atom. The van der Waals surface area contributed by atoms with Gasteiger partial charge in [0.05, 0.1) is 13.9 Å². The SMILES string of the molecule is CC(=O)NC(Cl)[Si](C)C. The lowest BCUT2D eigenvalue weighted by Crippen LogP contribution is -2.37. The van der Waals surface area contributed by atoms with E-state index in [1.807, 2.05) is 0 Å². The molecule has 1 atom stereocenters. The van der Waals surface area contributed by atoms with Gasteiger partial charge in [-0.05, 0) is 0 Å². The van der Waals surface area contributed by atoms with Crippen LogP contribution in [0.4, 0.5) is 0 Å². The molecule has 2 nitrogen and oxygen atoms in total. The first-order valence-corrected chi connectivity index (χ1v) is 5.76. The van der Waals surface area contributed by atoms with Gasteiger partial charge in [0.1, 0.15) is 0 Å². The minimum Gasteiger partial charge on any atom is -0.343 e. The molecule has 0 rings (SSSR count). The predicted octanol–water partition coefficient (Wildman–Crippen LogP) is 0.981. The molecule has 0 aromatic heterocycles. The molecule has 53 valence electrons. The summed E-state index contributed by atoms with van der Waals surface area (Å²) in [6, 6.07) is 0. The average molecular weight is 165 g/mol. The van der Waals surface area contributed by atoms with Crippen LogP contribution < -0.4 is 5.32 Å². The van der Waals surface area contributed by atoms with Gasteiger partial charge in [-0.3, -0.25) is 4.79 Å². The highest BCUT2D eigenvalue weighted by Crippen LogP contribution is 1.95. The highest BCUT2D eigenvalue weighted by atomic mass is 35.5. The molecule has 0 fully saturated rings. The zero-order valence-corrected chi connectivity index (χ0v) is 7.62. The fourth-order valence-electron chi connectivity index (χ4n) is 0.323. The third-order valence-corrected chi connectivity index (χ3v) is 3.41. The van der Waals surface area contributed by atoms with Crippen molar-refractivity contribution >= 4 is 26.3 Å². The largest absolute Gasteiger partial charge is 0.343 e. The Bertz CT molecular complexity index is 107. The van der Waals surface area contributed by atoms with E-state index in [0.717, 1.165) is 0 Å². The van der Waals surface area contributed by atoms with Crippen molar-refractivity contribution in [3.63, 3.8) is 0 Å². The summed E-state index contributed by atoms with van der Waals surface area (Å²) in [5.74, 6) is -0.0544. The standard InChI is InChI=1S/C5H11ClNOSi/c1-4(8)7-5(6)9(2)3/h5H,1-3H3,(H,7,8). The van der Waals surface area contributed by atoms with Crippen LogP contribution in [0.15, 0.2) is 0 Å². The third kappa shape index (κ3) is 4.48. The van der Waals surface area contributed by atoms with Crippen molar-refractivity contribution in [2.24, 2.45) is 0 Å². The Balaban J connectivity index is 3.50. The van der Waals surface area contributed by atoms with Crippen LogP contribution in [-0.4, -0.2) is 19.8 Å². The van der Waals surface area contributed by atoms with E-state index in [9.17, 15) is 4.79 Å². The van der Waals surface area contributed by atoms with Crippen LogP contribution in [0.3, 0.4) is 0 Å². The Morgan fingerprint density at radius 2 is 2.11 bits per heavy atom. The lowest BCUT2D eigenvalue weighted by atomic mass is 10.7. The highest BCUT2D eigenvalue weighted by molar-refractivity contribution is 6.67. The molecule has 0 heterocycles. The average Bonchev–Trinajstić information content (AvgIpc) is 1.63. The molecule has 1 amide bonds. The Morgan fingerprint density at radius 3 is 2.22 bits per heavy atom. The van der Waals surface area contributed by atoms with Gasteiger partial charge in [0.15, 0.2) is 0 Å². The minimum absolute atomic E-state index is 0.0544. The number of carbonyl (C=O) groups excluding carboxylic acids is 1. The van der Waals surface area contributed by atoms with Gasteiger partial charge in [-0.15, -0.1) is 11.6 Å². The lowest BCUT2D eigenvalue weighted by Gasteiger charge is -2.11. The zero-order valence-electron chi connectivity index (χ0n) is 5.86. The van der Waals surface area contributed by atoms with Crippen LogP contribution in [-0.2, 0) is 4.79 Å². The van der Waals surface area contributed by atoms with E-state index in [1.54, 1.807) is 0 Å². The molecule has 4 heteroatoms. The number of carbonyl (C=O) groups is 1. The molecule has 0 aliphatic heterocycles. The van der Waals surface area contributed by atoms with Crippen molar-refractivity contribution in [1.82, 2.24) is 5.32 Å². The first-order chi connectivity index (χ1) is 4.04. The third-order valence-electron chi connectivity index (χ3n) is 0.837. The van der Waals surface area contributed by atoms with Crippen LogP contribution in [0.2, 0.25) is 13.1 Å². The van der Waals surface area contributed by atoms with Gasteiger partial charge >= 0.3 is 0 Å². The van der Waals surface area contributed by atoms with Crippen molar-refractivity contribution in [3.05, 3.63) is 0 Å². The normalized spacial score (nSPS) is 13.4. The molecule has 0 aliphatic carbocycles. The maximum atomic E-state index is 10.4. The Kier molecular flexibility index (Phi) is 3.89. The molecule has 1 radical (unpaired) electrons. The number of hydrogen-bond donors (Lipinski definition) is 1. The van der Waals surface area contributed by atoms with Crippen LogP contribution in [0.1, 0.15) is 6.92 Å². The number of hydrogen-bond acceptors (Lipinski definition) is 1.